The molecule has 0 radical (unpaired) electrons. The van der Waals surface area contributed by atoms with Gasteiger partial charge in [0, 0.05) is 27.2 Å². The summed E-state index contributed by atoms with van der Waals surface area (Å²) in [5.41, 5.74) is 0.898. The van der Waals surface area contributed by atoms with Crippen molar-refractivity contribution in [3.8, 4) is 0 Å². The Balaban J connectivity index is 2.01. The number of likely N-dealkylation sites (tertiary alicyclic amines) is 1. The summed E-state index contributed by atoms with van der Waals surface area (Å²) in [6.07, 6.45) is 0.508. The minimum atomic E-state index is -3.66. The van der Waals surface area contributed by atoms with Gasteiger partial charge < -0.3 is 4.90 Å². The Morgan fingerprint density at radius 3 is 2.55 bits per heavy atom. The predicted octanol–water partition coefficient (Wildman–Crippen LogP) is 0.184. The van der Waals surface area contributed by atoms with Crippen molar-refractivity contribution in [2.45, 2.75) is 19.0 Å². The fourth-order valence-electron chi connectivity index (χ4n) is 2.13. The second kappa shape index (κ2) is 5.90. The minimum absolute atomic E-state index is 0.179. The van der Waals surface area contributed by atoms with E-state index in [1.54, 1.807) is 7.05 Å². The lowest BCUT2D eigenvalue weighted by atomic mass is 10.2. The average molecular weight is 297 g/mol. The van der Waals surface area contributed by atoms with Crippen LogP contribution in [0.4, 0.5) is 0 Å². The maximum Gasteiger partial charge on any atom is 0.280 e. The van der Waals surface area contributed by atoms with E-state index in [-0.39, 0.29) is 12.5 Å². The monoisotopic (exact) mass is 297 g/mol. The van der Waals surface area contributed by atoms with Crippen molar-refractivity contribution in [2.75, 3.05) is 20.6 Å². The van der Waals surface area contributed by atoms with Gasteiger partial charge in [0.1, 0.15) is 6.04 Å². The standard InChI is InChI=1S/C13H19N3O3S/c1-15-9-8-12(13(15)17)14-20(18,19)16(2)10-11-6-4-3-5-7-11/h3-7,12,14H,8-10H2,1-2H3. The highest BCUT2D eigenvalue weighted by molar-refractivity contribution is 7.87. The molecule has 0 aliphatic carbocycles. The van der Waals surface area contributed by atoms with Crippen molar-refractivity contribution < 1.29 is 13.2 Å². The molecule has 2 rings (SSSR count). The van der Waals surface area contributed by atoms with Crippen molar-refractivity contribution in [3.63, 3.8) is 0 Å². The van der Waals surface area contributed by atoms with Crippen LogP contribution in [0, 0.1) is 0 Å². The van der Waals surface area contributed by atoms with Gasteiger partial charge in [0.05, 0.1) is 0 Å². The number of nitrogens with zero attached hydrogens (tertiary/aromatic N) is 2. The van der Waals surface area contributed by atoms with E-state index in [1.165, 1.54) is 16.3 Å². The molecule has 1 atom stereocenters. The summed E-state index contributed by atoms with van der Waals surface area (Å²) >= 11 is 0. The molecule has 1 aromatic carbocycles. The first-order valence-electron chi connectivity index (χ1n) is 6.42. The van der Waals surface area contributed by atoms with E-state index in [1.807, 2.05) is 30.3 Å². The third-order valence-corrected chi connectivity index (χ3v) is 4.91. The summed E-state index contributed by atoms with van der Waals surface area (Å²) in [7, 11) is -0.493. The van der Waals surface area contributed by atoms with Crippen LogP contribution in [0.1, 0.15) is 12.0 Å². The van der Waals surface area contributed by atoms with Gasteiger partial charge >= 0.3 is 0 Å². The van der Waals surface area contributed by atoms with E-state index in [0.29, 0.717) is 13.0 Å². The highest BCUT2D eigenvalue weighted by Gasteiger charge is 2.33. The molecule has 6 nitrogen and oxygen atoms in total. The molecule has 1 aromatic rings. The molecule has 1 heterocycles. The van der Waals surface area contributed by atoms with Crippen LogP contribution in [-0.2, 0) is 21.5 Å². The Morgan fingerprint density at radius 1 is 1.35 bits per heavy atom. The lowest BCUT2D eigenvalue weighted by Crippen LogP contribution is -2.46. The van der Waals surface area contributed by atoms with Gasteiger partial charge in [0.2, 0.25) is 5.91 Å². The van der Waals surface area contributed by atoms with E-state index in [0.717, 1.165) is 5.56 Å². The summed E-state index contributed by atoms with van der Waals surface area (Å²) in [5, 5.41) is 0. The summed E-state index contributed by atoms with van der Waals surface area (Å²) in [6.45, 7) is 0.849. The smallest absolute Gasteiger partial charge is 0.280 e. The molecule has 1 amide bonds. The van der Waals surface area contributed by atoms with Gasteiger partial charge in [-0.2, -0.15) is 17.4 Å². The molecular weight excluding hydrogens is 278 g/mol. The van der Waals surface area contributed by atoms with E-state index >= 15 is 0 Å². The number of amides is 1. The van der Waals surface area contributed by atoms with Crippen LogP contribution in [0.2, 0.25) is 0 Å². The van der Waals surface area contributed by atoms with E-state index < -0.39 is 16.3 Å². The van der Waals surface area contributed by atoms with Crippen LogP contribution in [0.3, 0.4) is 0 Å². The Kier molecular flexibility index (Phi) is 4.42. The third kappa shape index (κ3) is 3.36. The number of carbonyl (C=O) groups excluding carboxylic acids is 1. The van der Waals surface area contributed by atoms with Gasteiger partial charge in [0.25, 0.3) is 10.2 Å². The first-order chi connectivity index (χ1) is 9.40. The Bertz CT molecular complexity index is 574. The molecule has 0 bridgehead atoms. The van der Waals surface area contributed by atoms with E-state index in [4.69, 9.17) is 0 Å². The highest BCUT2D eigenvalue weighted by atomic mass is 32.2. The van der Waals surface area contributed by atoms with Crippen LogP contribution in [-0.4, -0.2) is 50.2 Å². The second-order valence-corrected chi connectivity index (χ2v) is 6.77. The lowest BCUT2D eigenvalue weighted by molar-refractivity contribution is -0.127. The molecule has 1 N–H and O–H groups in total. The molecular formula is C13H19N3O3S. The first-order valence-corrected chi connectivity index (χ1v) is 7.86. The molecule has 1 aliphatic rings. The van der Waals surface area contributed by atoms with Crippen LogP contribution in [0.15, 0.2) is 30.3 Å². The number of hydrogen-bond acceptors (Lipinski definition) is 3. The molecule has 0 aromatic heterocycles. The summed E-state index contributed by atoms with van der Waals surface area (Å²) in [6, 6.07) is 8.67. The lowest BCUT2D eigenvalue weighted by Gasteiger charge is -2.20. The summed E-state index contributed by atoms with van der Waals surface area (Å²) in [4.78, 5) is 13.3. The number of nitrogens with one attached hydrogen (secondary N) is 1. The van der Waals surface area contributed by atoms with Crippen molar-refractivity contribution in [2.24, 2.45) is 0 Å². The van der Waals surface area contributed by atoms with Gasteiger partial charge in [0.15, 0.2) is 0 Å². The van der Waals surface area contributed by atoms with E-state index in [9.17, 15) is 13.2 Å². The molecule has 1 unspecified atom stereocenters. The first kappa shape index (κ1) is 15.0. The Morgan fingerprint density at radius 2 is 2.00 bits per heavy atom. The van der Waals surface area contributed by atoms with Crippen LogP contribution < -0.4 is 4.72 Å². The fourth-order valence-corrected chi connectivity index (χ4v) is 3.20. The number of rotatable bonds is 5. The van der Waals surface area contributed by atoms with Gasteiger partial charge in [-0.05, 0) is 12.0 Å². The molecule has 1 fully saturated rings. The maximum absolute atomic E-state index is 12.2. The predicted molar refractivity (Wildman–Crippen MR) is 76.0 cm³/mol. The number of likely N-dealkylation sites (N-methyl/N-ethyl adjacent to an activating group) is 1. The second-order valence-electron chi connectivity index (χ2n) is 4.97. The summed E-state index contributed by atoms with van der Waals surface area (Å²) < 4.78 is 28.1. The number of carbonyl (C=O) groups is 1. The molecule has 1 saturated heterocycles. The SMILES string of the molecule is CN1CCC(NS(=O)(=O)N(C)Cc2ccccc2)C1=O. The largest absolute Gasteiger partial charge is 0.344 e. The molecule has 20 heavy (non-hydrogen) atoms. The van der Waals surface area contributed by atoms with Gasteiger partial charge in [-0.3, -0.25) is 4.79 Å². The van der Waals surface area contributed by atoms with Gasteiger partial charge in [-0.1, -0.05) is 30.3 Å². The maximum atomic E-state index is 12.2. The normalized spacial score (nSPS) is 19.9. The quantitative estimate of drug-likeness (QED) is 0.843. The zero-order valence-corrected chi connectivity index (χ0v) is 12.4. The Hall–Kier alpha value is -1.44. The van der Waals surface area contributed by atoms with Crippen LogP contribution >= 0.6 is 0 Å². The van der Waals surface area contributed by atoms with Gasteiger partial charge in [-0.15, -0.1) is 0 Å². The minimum Gasteiger partial charge on any atom is -0.344 e. The van der Waals surface area contributed by atoms with Crippen molar-refractivity contribution in [1.29, 1.82) is 0 Å². The number of benzene rings is 1. The van der Waals surface area contributed by atoms with Crippen LogP contribution in [0.5, 0.6) is 0 Å². The van der Waals surface area contributed by atoms with E-state index in [2.05, 4.69) is 4.72 Å². The molecule has 0 saturated carbocycles. The van der Waals surface area contributed by atoms with Crippen molar-refractivity contribution >= 4 is 16.1 Å². The van der Waals surface area contributed by atoms with Crippen molar-refractivity contribution in [1.82, 2.24) is 13.9 Å². The average Bonchev–Trinajstić information content (AvgIpc) is 2.71. The highest BCUT2D eigenvalue weighted by Crippen LogP contribution is 2.12. The third-order valence-electron chi connectivity index (χ3n) is 3.38. The zero-order chi connectivity index (χ0) is 14.8. The topological polar surface area (TPSA) is 69.7 Å². The van der Waals surface area contributed by atoms with Crippen LogP contribution in [0.25, 0.3) is 0 Å². The molecule has 7 heteroatoms. The zero-order valence-electron chi connectivity index (χ0n) is 11.6. The molecule has 0 spiro atoms. The molecule has 1 aliphatic heterocycles. The molecule has 110 valence electrons. The number of hydrogen-bond donors (Lipinski definition) is 1. The Labute approximate surface area is 119 Å². The van der Waals surface area contributed by atoms with Gasteiger partial charge in [-0.25, -0.2) is 0 Å². The summed E-state index contributed by atoms with van der Waals surface area (Å²) in [5.74, 6) is -0.179. The van der Waals surface area contributed by atoms with Crippen molar-refractivity contribution in [3.05, 3.63) is 35.9 Å². The fraction of sp³-hybridized carbons (Fsp3) is 0.462.